The van der Waals surface area contributed by atoms with E-state index >= 15 is 0 Å². The number of nitrogens with zero attached hydrogens (tertiary/aromatic N) is 2. The SMILES string of the molecule is Cc1coc(N2CC[C@@H](NC(=O)Cc3ccc(C4CC4)cc3)C2)n1. The number of hydrogen-bond donors (Lipinski definition) is 1. The normalized spacial score (nSPS) is 20.4. The fraction of sp³-hybridized carbons (Fsp3) is 0.474. The van der Waals surface area contributed by atoms with Crippen molar-refractivity contribution in [3.63, 3.8) is 0 Å². The van der Waals surface area contributed by atoms with Crippen LogP contribution in [0.4, 0.5) is 6.01 Å². The van der Waals surface area contributed by atoms with Crippen LogP contribution in [0.3, 0.4) is 0 Å². The van der Waals surface area contributed by atoms with Crippen LogP contribution in [0.5, 0.6) is 0 Å². The Morgan fingerprint density at radius 1 is 1.29 bits per heavy atom. The van der Waals surface area contributed by atoms with Gasteiger partial charge < -0.3 is 14.6 Å². The molecule has 1 saturated carbocycles. The molecule has 1 atom stereocenters. The fourth-order valence-corrected chi connectivity index (χ4v) is 3.33. The van der Waals surface area contributed by atoms with Crippen LogP contribution in [0.25, 0.3) is 0 Å². The van der Waals surface area contributed by atoms with Gasteiger partial charge in [0.2, 0.25) is 5.91 Å². The first-order valence-corrected chi connectivity index (χ1v) is 8.72. The van der Waals surface area contributed by atoms with Crippen molar-refractivity contribution in [3.05, 3.63) is 47.3 Å². The van der Waals surface area contributed by atoms with Gasteiger partial charge in [-0.3, -0.25) is 4.79 Å². The summed E-state index contributed by atoms with van der Waals surface area (Å²) in [5.74, 6) is 0.848. The van der Waals surface area contributed by atoms with Crippen LogP contribution < -0.4 is 10.2 Å². The lowest BCUT2D eigenvalue weighted by Crippen LogP contribution is -2.38. The predicted octanol–water partition coefficient (Wildman–Crippen LogP) is 2.80. The average molecular weight is 325 g/mol. The van der Waals surface area contributed by atoms with Crippen molar-refractivity contribution in [2.45, 2.75) is 44.6 Å². The third-order valence-corrected chi connectivity index (χ3v) is 4.82. The minimum Gasteiger partial charge on any atom is -0.432 e. The molecular formula is C19H23N3O2. The van der Waals surface area contributed by atoms with Crippen molar-refractivity contribution in [2.24, 2.45) is 0 Å². The van der Waals surface area contributed by atoms with E-state index in [-0.39, 0.29) is 11.9 Å². The van der Waals surface area contributed by atoms with Crippen LogP contribution in [-0.4, -0.2) is 30.0 Å². The van der Waals surface area contributed by atoms with Crippen LogP contribution >= 0.6 is 0 Å². The summed E-state index contributed by atoms with van der Waals surface area (Å²) in [6.45, 7) is 3.53. The summed E-state index contributed by atoms with van der Waals surface area (Å²) in [6, 6.07) is 9.33. The van der Waals surface area contributed by atoms with E-state index in [1.807, 2.05) is 6.92 Å². The number of hydrogen-bond acceptors (Lipinski definition) is 4. The highest BCUT2D eigenvalue weighted by atomic mass is 16.4. The Kier molecular flexibility index (Phi) is 4.00. The highest BCUT2D eigenvalue weighted by molar-refractivity contribution is 5.79. The molecule has 2 heterocycles. The van der Waals surface area contributed by atoms with Gasteiger partial charge in [0.15, 0.2) is 0 Å². The molecule has 1 N–H and O–H groups in total. The first kappa shape index (κ1) is 15.2. The van der Waals surface area contributed by atoms with E-state index < -0.39 is 0 Å². The van der Waals surface area contributed by atoms with Crippen LogP contribution in [0.2, 0.25) is 0 Å². The maximum atomic E-state index is 12.3. The van der Waals surface area contributed by atoms with Gasteiger partial charge in [-0.05, 0) is 43.2 Å². The summed E-state index contributed by atoms with van der Waals surface area (Å²) < 4.78 is 5.43. The number of amides is 1. The molecule has 126 valence electrons. The van der Waals surface area contributed by atoms with Crippen molar-refractivity contribution in [1.82, 2.24) is 10.3 Å². The minimum absolute atomic E-state index is 0.0876. The lowest BCUT2D eigenvalue weighted by Gasteiger charge is -2.15. The summed E-state index contributed by atoms with van der Waals surface area (Å²) in [4.78, 5) is 18.7. The lowest BCUT2D eigenvalue weighted by molar-refractivity contribution is -0.121. The number of carbonyl (C=O) groups excluding carboxylic acids is 1. The van der Waals surface area contributed by atoms with Gasteiger partial charge in [-0.15, -0.1) is 0 Å². The number of rotatable bonds is 5. The van der Waals surface area contributed by atoms with E-state index in [1.165, 1.54) is 18.4 Å². The highest BCUT2D eigenvalue weighted by Crippen LogP contribution is 2.39. The summed E-state index contributed by atoms with van der Waals surface area (Å²) in [6.07, 6.45) is 5.64. The molecule has 1 aromatic heterocycles. The van der Waals surface area contributed by atoms with Crippen LogP contribution in [0.15, 0.2) is 34.9 Å². The Balaban J connectivity index is 1.28. The maximum absolute atomic E-state index is 12.3. The zero-order valence-electron chi connectivity index (χ0n) is 14.0. The molecule has 5 heteroatoms. The molecule has 24 heavy (non-hydrogen) atoms. The Bertz CT molecular complexity index is 718. The molecule has 0 spiro atoms. The molecule has 0 unspecified atom stereocenters. The van der Waals surface area contributed by atoms with E-state index in [9.17, 15) is 4.79 Å². The number of carbonyl (C=O) groups is 1. The van der Waals surface area contributed by atoms with Gasteiger partial charge in [0, 0.05) is 19.1 Å². The highest BCUT2D eigenvalue weighted by Gasteiger charge is 2.27. The Morgan fingerprint density at radius 2 is 2.08 bits per heavy atom. The summed E-state index contributed by atoms with van der Waals surface area (Å²) in [7, 11) is 0. The third kappa shape index (κ3) is 3.45. The zero-order valence-corrected chi connectivity index (χ0v) is 14.0. The predicted molar refractivity (Wildman–Crippen MR) is 92.1 cm³/mol. The third-order valence-electron chi connectivity index (χ3n) is 4.82. The van der Waals surface area contributed by atoms with Crippen molar-refractivity contribution in [2.75, 3.05) is 18.0 Å². The molecule has 0 bridgehead atoms. The summed E-state index contributed by atoms with van der Waals surface area (Å²) >= 11 is 0. The molecule has 1 aromatic carbocycles. The second kappa shape index (κ2) is 6.30. The molecule has 2 aromatic rings. The molecule has 4 rings (SSSR count). The van der Waals surface area contributed by atoms with Gasteiger partial charge >= 0.3 is 0 Å². The first-order valence-electron chi connectivity index (χ1n) is 8.72. The molecule has 1 aliphatic carbocycles. The average Bonchev–Trinajstić information content (AvgIpc) is 3.17. The largest absolute Gasteiger partial charge is 0.432 e. The standard InChI is InChI=1S/C19H23N3O2/c1-13-12-24-19(20-13)22-9-8-17(11-22)21-18(23)10-14-2-4-15(5-3-14)16-6-7-16/h2-5,12,16-17H,6-11H2,1H3,(H,21,23)/t17-/m1/s1. The van der Waals surface area contributed by atoms with Gasteiger partial charge in [-0.25, -0.2) is 0 Å². The smallest absolute Gasteiger partial charge is 0.297 e. The number of aromatic nitrogens is 1. The monoisotopic (exact) mass is 325 g/mol. The zero-order chi connectivity index (χ0) is 16.5. The second-order valence-electron chi connectivity index (χ2n) is 6.96. The van der Waals surface area contributed by atoms with Gasteiger partial charge in [-0.1, -0.05) is 24.3 Å². The topological polar surface area (TPSA) is 58.4 Å². The summed E-state index contributed by atoms with van der Waals surface area (Å²) in [5.41, 5.74) is 3.37. The molecule has 1 saturated heterocycles. The number of aryl methyl sites for hydroxylation is 1. The lowest BCUT2D eigenvalue weighted by atomic mass is 10.1. The molecular weight excluding hydrogens is 302 g/mol. The second-order valence-corrected chi connectivity index (χ2v) is 6.96. The van der Waals surface area contributed by atoms with Gasteiger partial charge in [0.05, 0.1) is 12.1 Å². The number of anilines is 1. The van der Waals surface area contributed by atoms with Crippen molar-refractivity contribution in [3.8, 4) is 0 Å². The molecule has 5 nitrogen and oxygen atoms in total. The van der Waals surface area contributed by atoms with E-state index in [4.69, 9.17) is 4.42 Å². The van der Waals surface area contributed by atoms with Crippen LogP contribution in [-0.2, 0) is 11.2 Å². The van der Waals surface area contributed by atoms with Crippen molar-refractivity contribution in [1.29, 1.82) is 0 Å². The molecule has 1 amide bonds. The molecule has 0 radical (unpaired) electrons. The number of oxazole rings is 1. The Hall–Kier alpha value is -2.30. The van der Waals surface area contributed by atoms with E-state index in [2.05, 4.69) is 39.5 Å². The Morgan fingerprint density at radius 3 is 2.75 bits per heavy atom. The van der Waals surface area contributed by atoms with Crippen LogP contribution in [0, 0.1) is 6.92 Å². The molecule has 2 aliphatic rings. The quantitative estimate of drug-likeness (QED) is 0.918. The first-order chi connectivity index (χ1) is 11.7. The maximum Gasteiger partial charge on any atom is 0.297 e. The van der Waals surface area contributed by atoms with E-state index in [1.54, 1.807) is 6.26 Å². The van der Waals surface area contributed by atoms with Crippen molar-refractivity contribution < 1.29 is 9.21 Å². The molecule has 1 aliphatic heterocycles. The van der Waals surface area contributed by atoms with Gasteiger partial charge in [0.1, 0.15) is 6.26 Å². The van der Waals surface area contributed by atoms with Gasteiger partial charge in [-0.2, -0.15) is 4.98 Å². The fourth-order valence-electron chi connectivity index (χ4n) is 3.33. The number of nitrogens with one attached hydrogen (secondary N) is 1. The molecule has 2 fully saturated rings. The number of benzene rings is 1. The van der Waals surface area contributed by atoms with Crippen LogP contribution in [0.1, 0.15) is 42.0 Å². The van der Waals surface area contributed by atoms with Crippen molar-refractivity contribution >= 4 is 11.9 Å². The minimum atomic E-state index is 0.0876. The Labute approximate surface area is 142 Å². The summed E-state index contributed by atoms with van der Waals surface area (Å²) in [5, 5.41) is 3.13. The van der Waals surface area contributed by atoms with E-state index in [0.717, 1.165) is 36.7 Å². The van der Waals surface area contributed by atoms with Gasteiger partial charge in [0.25, 0.3) is 6.01 Å². The van der Waals surface area contributed by atoms with E-state index in [0.29, 0.717) is 12.4 Å².